The van der Waals surface area contributed by atoms with Crippen LogP contribution in [-0.4, -0.2) is 17.1 Å². The summed E-state index contributed by atoms with van der Waals surface area (Å²) in [5.41, 5.74) is 0.974. The van der Waals surface area contributed by atoms with Crippen molar-refractivity contribution >= 4 is 5.69 Å². The van der Waals surface area contributed by atoms with Gasteiger partial charge in [0, 0.05) is 23.6 Å². The molecule has 0 spiro atoms. The highest BCUT2D eigenvalue weighted by Crippen LogP contribution is 2.44. The summed E-state index contributed by atoms with van der Waals surface area (Å²) >= 11 is 0. The quantitative estimate of drug-likeness (QED) is 0.561. The first-order valence-electron chi connectivity index (χ1n) is 9.19. The summed E-state index contributed by atoms with van der Waals surface area (Å²) in [6.45, 7) is 4.46. The first kappa shape index (κ1) is 17.4. The summed E-state index contributed by atoms with van der Waals surface area (Å²) in [4.78, 5) is 10.5. The minimum Gasteiger partial charge on any atom is -0.345 e. The van der Waals surface area contributed by atoms with Crippen LogP contribution in [0, 0.1) is 22.0 Å². The van der Waals surface area contributed by atoms with Gasteiger partial charge in [0.1, 0.15) is 0 Å². The Morgan fingerprint density at radius 3 is 2.42 bits per heavy atom. The predicted molar refractivity (Wildman–Crippen MR) is 91.6 cm³/mol. The van der Waals surface area contributed by atoms with E-state index >= 15 is 0 Å². The molecule has 24 heavy (non-hydrogen) atoms. The molecule has 4 atom stereocenters. The van der Waals surface area contributed by atoms with E-state index in [4.69, 9.17) is 9.47 Å². The molecule has 5 nitrogen and oxygen atoms in total. The Balaban J connectivity index is 1.82. The monoisotopic (exact) mass is 333 g/mol. The van der Waals surface area contributed by atoms with E-state index in [-0.39, 0.29) is 22.8 Å². The average Bonchev–Trinajstić information content (AvgIpc) is 2.62. The number of fused-ring (bicyclic) bond motifs is 1. The molecule has 2 fully saturated rings. The molecule has 1 aliphatic carbocycles. The molecular weight excluding hydrogens is 306 g/mol. The van der Waals surface area contributed by atoms with Crippen LogP contribution in [-0.2, 0) is 9.47 Å². The maximum Gasteiger partial charge on any atom is 0.269 e. The smallest absolute Gasteiger partial charge is 0.269 e. The van der Waals surface area contributed by atoms with E-state index in [0.29, 0.717) is 11.8 Å². The van der Waals surface area contributed by atoms with Crippen molar-refractivity contribution in [3.05, 3.63) is 39.9 Å². The van der Waals surface area contributed by atoms with Gasteiger partial charge < -0.3 is 9.47 Å². The zero-order valence-electron chi connectivity index (χ0n) is 14.5. The van der Waals surface area contributed by atoms with Crippen molar-refractivity contribution in [2.24, 2.45) is 11.8 Å². The predicted octanol–water partition coefficient (Wildman–Crippen LogP) is 5.00. The van der Waals surface area contributed by atoms with Gasteiger partial charge in [-0.25, -0.2) is 0 Å². The van der Waals surface area contributed by atoms with E-state index in [1.54, 1.807) is 12.1 Å². The number of nitrogens with zero attached hydrogens (tertiary/aromatic N) is 1. The molecule has 0 unspecified atom stereocenters. The molecule has 0 amide bonds. The van der Waals surface area contributed by atoms with Crippen LogP contribution in [0.2, 0.25) is 0 Å². The van der Waals surface area contributed by atoms with Crippen molar-refractivity contribution in [2.75, 3.05) is 0 Å². The van der Waals surface area contributed by atoms with Crippen molar-refractivity contribution in [3.63, 3.8) is 0 Å². The largest absolute Gasteiger partial charge is 0.345 e. The lowest BCUT2D eigenvalue weighted by Gasteiger charge is -2.47. The highest BCUT2D eigenvalue weighted by Gasteiger charge is 2.43. The Hall–Kier alpha value is -1.46. The van der Waals surface area contributed by atoms with Gasteiger partial charge in [-0.1, -0.05) is 39.5 Å². The van der Waals surface area contributed by atoms with Crippen LogP contribution in [0.5, 0.6) is 0 Å². The molecule has 0 bridgehead atoms. The van der Waals surface area contributed by atoms with E-state index < -0.39 is 6.29 Å². The molecule has 2 aliphatic rings. The standard InChI is InChI=1S/C19H27NO4/c1-3-13(4-2)18-16-7-5-6-8-17(16)23-19(24-18)14-9-11-15(12-10-14)20(21)22/h9-13,16-19H,3-8H2,1-2H3/t16-,17+,18+,19-/m0/s1. The number of nitro groups is 1. The molecule has 3 rings (SSSR count). The SMILES string of the molecule is CCC(CC)[C@H]1O[C@@H](c2ccc([N+](=O)[O-])cc2)O[C@@H]2CCCC[C@H]12. The maximum atomic E-state index is 10.8. The van der Waals surface area contributed by atoms with Gasteiger partial charge >= 0.3 is 0 Å². The fourth-order valence-electron chi connectivity index (χ4n) is 4.23. The number of hydrogen-bond acceptors (Lipinski definition) is 4. The van der Waals surface area contributed by atoms with Crippen LogP contribution < -0.4 is 0 Å². The average molecular weight is 333 g/mol. The Morgan fingerprint density at radius 1 is 1.12 bits per heavy atom. The van der Waals surface area contributed by atoms with Crippen LogP contribution in [0.15, 0.2) is 24.3 Å². The highest BCUT2D eigenvalue weighted by atomic mass is 16.7. The summed E-state index contributed by atoms with van der Waals surface area (Å²) in [5.74, 6) is 1.03. The number of hydrogen-bond donors (Lipinski definition) is 0. The van der Waals surface area contributed by atoms with Crippen molar-refractivity contribution in [2.45, 2.75) is 70.9 Å². The summed E-state index contributed by atoms with van der Waals surface area (Å²) in [6.07, 6.45) is 7.02. The molecular formula is C19H27NO4. The third-order valence-corrected chi connectivity index (χ3v) is 5.64. The molecule has 1 aliphatic heterocycles. The minimum atomic E-state index is -0.407. The van der Waals surface area contributed by atoms with Crippen molar-refractivity contribution in [1.29, 1.82) is 0 Å². The highest BCUT2D eigenvalue weighted by molar-refractivity contribution is 5.33. The van der Waals surface area contributed by atoms with Gasteiger partial charge in [0.25, 0.3) is 5.69 Å². The summed E-state index contributed by atoms with van der Waals surface area (Å²) in [6, 6.07) is 6.58. The van der Waals surface area contributed by atoms with E-state index in [1.165, 1.54) is 31.4 Å². The number of ether oxygens (including phenoxy) is 2. The molecule has 0 radical (unpaired) electrons. The molecule has 0 N–H and O–H groups in total. The number of non-ortho nitro benzene ring substituents is 1. The van der Waals surface area contributed by atoms with Crippen molar-refractivity contribution < 1.29 is 14.4 Å². The lowest BCUT2D eigenvalue weighted by atomic mass is 9.76. The van der Waals surface area contributed by atoms with Gasteiger partial charge in [0.05, 0.1) is 17.1 Å². The van der Waals surface area contributed by atoms with Gasteiger partial charge in [0.2, 0.25) is 0 Å². The molecule has 1 saturated carbocycles. The van der Waals surface area contributed by atoms with Crippen LogP contribution in [0.4, 0.5) is 5.69 Å². The normalized spacial score (nSPS) is 30.1. The molecule has 1 aromatic rings. The summed E-state index contributed by atoms with van der Waals surface area (Å²) in [7, 11) is 0. The Morgan fingerprint density at radius 2 is 1.79 bits per heavy atom. The molecule has 1 aromatic carbocycles. The fraction of sp³-hybridized carbons (Fsp3) is 0.684. The van der Waals surface area contributed by atoms with E-state index in [9.17, 15) is 10.1 Å². The first-order chi connectivity index (χ1) is 11.6. The number of benzene rings is 1. The fourth-order valence-corrected chi connectivity index (χ4v) is 4.23. The summed E-state index contributed by atoms with van der Waals surface area (Å²) in [5, 5.41) is 10.8. The topological polar surface area (TPSA) is 61.6 Å². The van der Waals surface area contributed by atoms with Gasteiger partial charge in [-0.3, -0.25) is 10.1 Å². The van der Waals surface area contributed by atoms with E-state index in [2.05, 4.69) is 13.8 Å². The lowest BCUT2D eigenvalue weighted by Crippen LogP contribution is -2.47. The lowest BCUT2D eigenvalue weighted by molar-refractivity contribution is -0.384. The number of nitro benzene ring substituents is 1. The van der Waals surface area contributed by atoms with Crippen LogP contribution in [0.1, 0.15) is 64.2 Å². The zero-order valence-corrected chi connectivity index (χ0v) is 14.5. The van der Waals surface area contributed by atoms with Gasteiger partial charge in [-0.2, -0.15) is 0 Å². The number of rotatable bonds is 5. The summed E-state index contributed by atoms with van der Waals surface area (Å²) < 4.78 is 12.6. The maximum absolute atomic E-state index is 10.8. The van der Waals surface area contributed by atoms with Gasteiger partial charge in [0.15, 0.2) is 6.29 Å². The second kappa shape index (κ2) is 7.62. The second-order valence-electron chi connectivity index (χ2n) is 6.98. The van der Waals surface area contributed by atoms with Crippen LogP contribution in [0.25, 0.3) is 0 Å². The van der Waals surface area contributed by atoms with E-state index in [1.807, 2.05) is 0 Å². The molecule has 132 valence electrons. The Bertz CT molecular complexity index is 555. The van der Waals surface area contributed by atoms with Crippen molar-refractivity contribution in [1.82, 2.24) is 0 Å². The third kappa shape index (κ3) is 3.47. The van der Waals surface area contributed by atoms with Gasteiger partial charge in [-0.15, -0.1) is 0 Å². The molecule has 5 heteroatoms. The second-order valence-corrected chi connectivity index (χ2v) is 6.98. The Kier molecular flexibility index (Phi) is 5.51. The third-order valence-electron chi connectivity index (χ3n) is 5.64. The van der Waals surface area contributed by atoms with Gasteiger partial charge in [-0.05, 0) is 30.9 Å². The van der Waals surface area contributed by atoms with E-state index in [0.717, 1.165) is 24.8 Å². The first-order valence-corrected chi connectivity index (χ1v) is 9.19. The van der Waals surface area contributed by atoms with Crippen molar-refractivity contribution in [3.8, 4) is 0 Å². The minimum absolute atomic E-state index is 0.0987. The van der Waals surface area contributed by atoms with Crippen LogP contribution in [0.3, 0.4) is 0 Å². The van der Waals surface area contributed by atoms with Crippen LogP contribution >= 0.6 is 0 Å². The molecule has 1 heterocycles. The Labute approximate surface area is 143 Å². The zero-order chi connectivity index (χ0) is 17.1. The molecule has 0 aromatic heterocycles. The molecule has 1 saturated heterocycles.